The number of halogens is 2. The Morgan fingerprint density at radius 3 is 2.58 bits per heavy atom. The molecule has 0 amide bonds. The number of rotatable bonds is 7. The highest BCUT2D eigenvalue weighted by atomic mass is 79.9. The van der Waals surface area contributed by atoms with Gasteiger partial charge in [-0.05, 0) is 42.2 Å². The first-order chi connectivity index (χ1) is 12.6. The number of nitrogens with one attached hydrogen (secondary N) is 1. The van der Waals surface area contributed by atoms with Crippen LogP contribution in [0.15, 0.2) is 58.4 Å². The molecule has 0 saturated carbocycles. The van der Waals surface area contributed by atoms with Gasteiger partial charge in [-0.2, -0.15) is 0 Å². The van der Waals surface area contributed by atoms with E-state index in [2.05, 4.69) is 21.2 Å². The molecule has 3 nitrogen and oxygen atoms in total. The Morgan fingerprint density at radius 1 is 1.15 bits per heavy atom. The van der Waals surface area contributed by atoms with E-state index in [1.165, 1.54) is 17.4 Å². The maximum Gasteiger partial charge on any atom is 0.339 e. The van der Waals surface area contributed by atoms with E-state index < -0.39 is 5.97 Å². The van der Waals surface area contributed by atoms with Crippen LogP contribution in [-0.2, 0) is 6.42 Å². The molecule has 0 fully saturated rings. The monoisotopic (exact) mass is 433 g/mol. The van der Waals surface area contributed by atoms with Crippen molar-refractivity contribution in [2.45, 2.75) is 12.8 Å². The first-order valence-electron chi connectivity index (χ1n) is 8.14. The summed E-state index contributed by atoms with van der Waals surface area (Å²) >= 11 is 4.76. The zero-order valence-electron chi connectivity index (χ0n) is 13.8. The Hall–Kier alpha value is -2.18. The number of hydrogen-bond acceptors (Lipinski definition) is 3. The zero-order valence-corrected chi connectivity index (χ0v) is 16.2. The van der Waals surface area contributed by atoms with Gasteiger partial charge in [0.1, 0.15) is 16.4 Å². The molecule has 0 saturated heterocycles. The van der Waals surface area contributed by atoms with Gasteiger partial charge in [0.05, 0.1) is 0 Å². The van der Waals surface area contributed by atoms with Crippen molar-refractivity contribution >= 4 is 38.2 Å². The lowest BCUT2D eigenvalue weighted by Gasteiger charge is -2.08. The highest BCUT2D eigenvalue weighted by molar-refractivity contribution is 9.10. The van der Waals surface area contributed by atoms with Crippen molar-refractivity contribution in [3.8, 4) is 11.1 Å². The Kier molecular flexibility index (Phi) is 6.06. The molecule has 2 N–H and O–H groups in total. The van der Waals surface area contributed by atoms with E-state index >= 15 is 0 Å². The highest BCUT2D eigenvalue weighted by Gasteiger charge is 2.19. The van der Waals surface area contributed by atoms with Crippen molar-refractivity contribution in [1.82, 2.24) is 0 Å². The number of carboxylic acid groups (broad SMARTS) is 1. The Balaban J connectivity index is 1.69. The SMILES string of the molecule is O=C(O)c1c(-c2ccc(Br)cc2)csc1NCCCc1ccccc1F. The third-order valence-electron chi connectivity index (χ3n) is 4.03. The van der Waals surface area contributed by atoms with Crippen molar-refractivity contribution < 1.29 is 14.3 Å². The normalized spacial score (nSPS) is 10.7. The van der Waals surface area contributed by atoms with E-state index in [0.717, 1.165) is 10.0 Å². The first kappa shape index (κ1) is 18.6. The summed E-state index contributed by atoms with van der Waals surface area (Å²) in [5.41, 5.74) is 2.52. The molecule has 0 bridgehead atoms. The van der Waals surface area contributed by atoms with Crippen LogP contribution < -0.4 is 5.32 Å². The van der Waals surface area contributed by atoms with Gasteiger partial charge in [0, 0.05) is 22.0 Å². The molecule has 0 aliphatic heterocycles. The Morgan fingerprint density at radius 2 is 1.88 bits per heavy atom. The average Bonchev–Trinajstić information content (AvgIpc) is 3.05. The second kappa shape index (κ2) is 8.47. The molecular formula is C20H17BrFNO2S. The van der Waals surface area contributed by atoms with Gasteiger partial charge in [-0.25, -0.2) is 9.18 Å². The summed E-state index contributed by atoms with van der Waals surface area (Å²) in [6, 6.07) is 14.3. The lowest BCUT2D eigenvalue weighted by Crippen LogP contribution is -2.07. The van der Waals surface area contributed by atoms with Crippen LogP contribution in [0.4, 0.5) is 9.39 Å². The van der Waals surface area contributed by atoms with Gasteiger partial charge in [0.15, 0.2) is 0 Å². The van der Waals surface area contributed by atoms with Crippen molar-refractivity contribution in [2.75, 3.05) is 11.9 Å². The molecule has 0 atom stereocenters. The van der Waals surface area contributed by atoms with E-state index in [9.17, 15) is 14.3 Å². The molecule has 1 heterocycles. The predicted molar refractivity (Wildman–Crippen MR) is 108 cm³/mol. The number of benzene rings is 2. The quantitative estimate of drug-likeness (QED) is 0.445. The largest absolute Gasteiger partial charge is 0.478 e. The Bertz CT molecular complexity index is 908. The fourth-order valence-electron chi connectivity index (χ4n) is 2.72. The molecule has 0 aliphatic rings. The van der Waals surface area contributed by atoms with Gasteiger partial charge >= 0.3 is 5.97 Å². The first-order valence-corrected chi connectivity index (χ1v) is 9.81. The molecule has 0 spiro atoms. The minimum absolute atomic E-state index is 0.202. The molecule has 1 aromatic heterocycles. The van der Waals surface area contributed by atoms with Crippen LogP contribution in [0.2, 0.25) is 0 Å². The molecule has 0 aliphatic carbocycles. The molecule has 2 aromatic carbocycles. The van der Waals surface area contributed by atoms with Gasteiger partial charge in [-0.1, -0.05) is 46.3 Å². The van der Waals surface area contributed by atoms with E-state index in [1.54, 1.807) is 12.1 Å². The van der Waals surface area contributed by atoms with Crippen molar-refractivity contribution in [2.24, 2.45) is 0 Å². The lowest BCUT2D eigenvalue weighted by atomic mass is 10.0. The summed E-state index contributed by atoms with van der Waals surface area (Å²) in [5, 5.41) is 15.3. The van der Waals surface area contributed by atoms with Crippen LogP contribution in [0.3, 0.4) is 0 Å². The van der Waals surface area contributed by atoms with Crippen LogP contribution in [0, 0.1) is 5.82 Å². The number of carboxylic acids is 1. The van der Waals surface area contributed by atoms with Gasteiger partial charge in [0.2, 0.25) is 0 Å². The summed E-state index contributed by atoms with van der Waals surface area (Å²) in [7, 11) is 0. The lowest BCUT2D eigenvalue weighted by molar-refractivity contribution is 0.0699. The number of anilines is 1. The maximum absolute atomic E-state index is 13.6. The average molecular weight is 434 g/mol. The summed E-state index contributed by atoms with van der Waals surface area (Å²) in [6.45, 7) is 0.578. The fraction of sp³-hybridized carbons (Fsp3) is 0.150. The van der Waals surface area contributed by atoms with Crippen molar-refractivity contribution in [1.29, 1.82) is 0 Å². The van der Waals surface area contributed by atoms with Crippen molar-refractivity contribution in [3.63, 3.8) is 0 Å². The van der Waals surface area contributed by atoms with Crippen molar-refractivity contribution in [3.05, 3.63) is 75.3 Å². The standard InChI is InChI=1S/C20H17BrFNO2S/c21-15-9-7-13(8-10-15)16-12-26-19(18(16)20(24)25)23-11-3-5-14-4-1-2-6-17(14)22/h1-2,4,6-10,12,23H,3,5,11H2,(H,24,25). The summed E-state index contributed by atoms with van der Waals surface area (Å²) in [6.07, 6.45) is 1.32. The predicted octanol–water partition coefficient (Wildman–Crippen LogP) is 6.06. The molecule has 6 heteroatoms. The molecule has 134 valence electrons. The second-order valence-electron chi connectivity index (χ2n) is 5.79. The fourth-order valence-corrected chi connectivity index (χ4v) is 3.98. The minimum atomic E-state index is -0.958. The van der Waals surface area contributed by atoms with Gasteiger partial charge in [-0.15, -0.1) is 11.3 Å². The molecule has 3 aromatic rings. The van der Waals surface area contributed by atoms with Gasteiger partial charge < -0.3 is 10.4 Å². The summed E-state index contributed by atoms with van der Waals surface area (Å²) in [5.74, 6) is -1.16. The molecular weight excluding hydrogens is 417 g/mol. The number of carbonyl (C=O) groups is 1. The molecule has 26 heavy (non-hydrogen) atoms. The van der Waals surface area contributed by atoms with Crippen LogP contribution in [0.1, 0.15) is 22.3 Å². The molecule has 3 rings (SSSR count). The van der Waals surface area contributed by atoms with Crippen LogP contribution in [0.5, 0.6) is 0 Å². The molecule has 0 unspecified atom stereocenters. The minimum Gasteiger partial charge on any atom is -0.478 e. The summed E-state index contributed by atoms with van der Waals surface area (Å²) < 4.78 is 14.6. The van der Waals surface area contributed by atoms with E-state index in [1.807, 2.05) is 35.7 Å². The van der Waals surface area contributed by atoms with E-state index in [-0.39, 0.29) is 11.4 Å². The number of thiophene rings is 1. The molecule has 0 radical (unpaired) electrons. The second-order valence-corrected chi connectivity index (χ2v) is 7.58. The topological polar surface area (TPSA) is 49.3 Å². The van der Waals surface area contributed by atoms with Gasteiger partial charge in [0.25, 0.3) is 0 Å². The smallest absolute Gasteiger partial charge is 0.339 e. The number of aromatic carboxylic acids is 1. The van der Waals surface area contributed by atoms with Crippen LogP contribution in [0.25, 0.3) is 11.1 Å². The Labute approximate surface area is 163 Å². The van der Waals surface area contributed by atoms with Crippen LogP contribution >= 0.6 is 27.3 Å². The van der Waals surface area contributed by atoms with E-state index in [0.29, 0.717) is 35.5 Å². The zero-order chi connectivity index (χ0) is 18.5. The third kappa shape index (κ3) is 4.31. The number of aryl methyl sites for hydroxylation is 1. The van der Waals surface area contributed by atoms with E-state index in [4.69, 9.17) is 0 Å². The highest BCUT2D eigenvalue weighted by Crippen LogP contribution is 2.36. The van der Waals surface area contributed by atoms with Gasteiger partial charge in [-0.3, -0.25) is 0 Å². The maximum atomic E-state index is 13.6. The summed E-state index contributed by atoms with van der Waals surface area (Å²) in [4.78, 5) is 11.8. The third-order valence-corrected chi connectivity index (χ3v) is 5.49. The van der Waals surface area contributed by atoms with Crippen LogP contribution in [-0.4, -0.2) is 17.6 Å². The number of hydrogen-bond donors (Lipinski definition) is 2.